The Morgan fingerprint density at radius 3 is 2.50 bits per heavy atom. The number of aromatic nitrogens is 1. The molecule has 92 valence electrons. The van der Waals surface area contributed by atoms with Gasteiger partial charge >= 0.3 is 5.97 Å². The number of aliphatic carboxylic acids is 1. The highest BCUT2D eigenvalue weighted by Crippen LogP contribution is 2.27. The first kappa shape index (κ1) is 12.1. The Bertz CT molecular complexity index is 527. The summed E-state index contributed by atoms with van der Waals surface area (Å²) in [6, 6.07) is 12.2. The van der Waals surface area contributed by atoms with Gasteiger partial charge in [0.15, 0.2) is 0 Å². The van der Waals surface area contributed by atoms with E-state index in [4.69, 9.17) is 4.74 Å². The second-order valence-electron chi connectivity index (χ2n) is 4.00. The molecular formula is C14H13NO3. The van der Waals surface area contributed by atoms with Gasteiger partial charge in [0.2, 0.25) is 5.60 Å². The van der Waals surface area contributed by atoms with Crippen molar-refractivity contribution >= 4 is 5.97 Å². The normalized spacial score (nSPS) is 13.6. The van der Waals surface area contributed by atoms with E-state index in [1.807, 2.05) is 6.07 Å². The van der Waals surface area contributed by atoms with Crippen molar-refractivity contribution < 1.29 is 14.6 Å². The van der Waals surface area contributed by atoms with Crippen LogP contribution in [0, 0.1) is 0 Å². The summed E-state index contributed by atoms with van der Waals surface area (Å²) in [5.74, 6) is -0.550. The van der Waals surface area contributed by atoms with Crippen LogP contribution >= 0.6 is 0 Å². The van der Waals surface area contributed by atoms with Crippen molar-refractivity contribution in [3.63, 3.8) is 0 Å². The molecule has 1 aromatic carbocycles. The third-order valence-corrected chi connectivity index (χ3v) is 2.69. The van der Waals surface area contributed by atoms with Crippen molar-refractivity contribution in [2.75, 3.05) is 0 Å². The summed E-state index contributed by atoms with van der Waals surface area (Å²) in [6.45, 7) is 1.51. The van der Waals surface area contributed by atoms with E-state index < -0.39 is 11.6 Å². The lowest BCUT2D eigenvalue weighted by Crippen LogP contribution is -2.38. The van der Waals surface area contributed by atoms with Crippen LogP contribution < -0.4 is 4.74 Å². The molecule has 4 heteroatoms. The fourth-order valence-corrected chi connectivity index (χ4v) is 1.60. The molecular weight excluding hydrogens is 230 g/mol. The number of para-hydroxylation sites is 1. The van der Waals surface area contributed by atoms with Gasteiger partial charge < -0.3 is 9.84 Å². The maximum atomic E-state index is 11.5. The van der Waals surface area contributed by atoms with Crippen LogP contribution in [0.2, 0.25) is 0 Å². The molecule has 1 heterocycles. The van der Waals surface area contributed by atoms with Gasteiger partial charge in [0.25, 0.3) is 0 Å². The average molecular weight is 243 g/mol. The standard InChI is InChI=1S/C14H13NO3/c1-14(13(16)17,11-6-5-9-15-10-11)18-12-7-3-2-4-8-12/h2-10H,1H3,(H,16,17). The van der Waals surface area contributed by atoms with Crippen LogP contribution in [0.3, 0.4) is 0 Å². The van der Waals surface area contributed by atoms with Crippen LogP contribution in [0.15, 0.2) is 54.9 Å². The fourth-order valence-electron chi connectivity index (χ4n) is 1.60. The molecule has 4 nitrogen and oxygen atoms in total. The zero-order valence-electron chi connectivity index (χ0n) is 9.91. The Morgan fingerprint density at radius 2 is 1.94 bits per heavy atom. The van der Waals surface area contributed by atoms with Crippen molar-refractivity contribution in [1.82, 2.24) is 4.98 Å². The Kier molecular flexibility index (Phi) is 3.28. The number of benzene rings is 1. The fraction of sp³-hybridized carbons (Fsp3) is 0.143. The first-order valence-electron chi connectivity index (χ1n) is 5.51. The Hall–Kier alpha value is -2.36. The van der Waals surface area contributed by atoms with E-state index in [0.29, 0.717) is 11.3 Å². The predicted molar refractivity (Wildman–Crippen MR) is 66.3 cm³/mol. The molecule has 1 unspecified atom stereocenters. The number of hydrogen-bond donors (Lipinski definition) is 1. The van der Waals surface area contributed by atoms with Crippen LogP contribution in [0.25, 0.3) is 0 Å². The summed E-state index contributed by atoms with van der Waals surface area (Å²) < 4.78 is 5.61. The summed E-state index contributed by atoms with van der Waals surface area (Å²) in [5, 5.41) is 9.39. The van der Waals surface area contributed by atoms with Gasteiger partial charge in [-0.1, -0.05) is 24.3 Å². The number of rotatable bonds is 4. The van der Waals surface area contributed by atoms with Crippen LogP contribution in [-0.2, 0) is 10.4 Å². The molecule has 0 spiro atoms. The zero-order valence-corrected chi connectivity index (χ0v) is 9.91. The number of hydrogen-bond acceptors (Lipinski definition) is 3. The zero-order chi connectivity index (χ0) is 13.0. The van der Waals surface area contributed by atoms with Gasteiger partial charge in [0.05, 0.1) is 0 Å². The molecule has 0 aliphatic heterocycles. The van der Waals surface area contributed by atoms with Crippen LogP contribution in [-0.4, -0.2) is 16.1 Å². The van der Waals surface area contributed by atoms with E-state index in [1.54, 1.807) is 42.6 Å². The number of carbonyl (C=O) groups is 1. The number of pyridine rings is 1. The molecule has 0 saturated carbocycles. The molecule has 0 bridgehead atoms. The van der Waals surface area contributed by atoms with Crippen molar-refractivity contribution in [3.8, 4) is 5.75 Å². The second kappa shape index (κ2) is 4.87. The summed E-state index contributed by atoms with van der Waals surface area (Å²) >= 11 is 0. The Labute approximate surface area is 105 Å². The van der Waals surface area contributed by atoms with Gasteiger partial charge in [-0.2, -0.15) is 0 Å². The van der Waals surface area contributed by atoms with E-state index >= 15 is 0 Å². The average Bonchev–Trinajstić information content (AvgIpc) is 2.40. The molecule has 2 rings (SSSR count). The molecule has 1 aromatic heterocycles. The molecule has 0 fully saturated rings. The molecule has 1 N–H and O–H groups in total. The van der Waals surface area contributed by atoms with Crippen molar-refractivity contribution in [2.24, 2.45) is 0 Å². The SMILES string of the molecule is CC(Oc1ccccc1)(C(=O)O)c1cccnc1. The largest absolute Gasteiger partial charge is 0.478 e. The van der Waals surface area contributed by atoms with Crippen LogP contribution in [0.5, 0.6) is 5.75 Å². The topological polar surface area (TPSA) is 59.4 Å². The Morgan fingerprint density at radius 1 is 1.22 bits per heavy atom. The number of carboxylic acid groups (broad SMARTS) is 1. The first-order chi connectivity index (χ1) is 8.63. The molecule has 18 heavy (non-hydrogen) atoms. The first-order valence-corrected chi connectivity index (χ1v) is 5.51. The molecule has 0 aliphatic carbocycles. The van der Waals surface area contributed by atoms with Crippen molar-refractivity contribution in [2.45, 2.75) is 12.5 Å². The molecule has 0 radical (unpaired) electrons. The van der Waals surface area contributed by atoms with Gasteiger partial charge in [-0.05, 0) is 25.1 Å². The second-order valence-corrected chi connectivity index (χ2v) is 4.00. The summed E-state index contributed by atoms with van der Waals surface area (Å²) in [5.41, 5.74) is -0.948. The number of carboxylic acids is 1. The van der Waals surface area contributed by atoms with Gasteiger partial charge in [0.1, 0.15) is 5.75 Å². The van der Waals surface area contributed by atoms with Gasteiger partial charge in [-0.3, -0.25) is 4.98 Å². The van der Waals surface area contributed by atoms with E-state index in [-0.39, 0.29) is 0 Å². The minimum absolute atomic E-state index is 0.501. The third-order valence-electron chi connectivity index (χ3n) is 2.69. The van der Waals surface area contributed by atoms with E-state index in [2.05, 4.69) is 4.98 Å². The number of ether oxygens (including phenoxy) is 1. The van der Waals surface area contributed by atoms with E-state index in [0.717, 1.165) is 0 Å². The maximum Gasteiger partial charge on any atom is 0.352 e. The van der Waals surface area contributed by atoms with Crippen molar-refractivity contribution in [3.05, 3.63) is 60.4 Å². The lowest BCUT2D eigenvalue weighted by atomic mass is 9.97. The lowest BCUT2D eigenvalue weighted by Gasteiger charge is -2.26. The smallest absolute Gasteiger partial charge is 0.352 e. The highest BCUT2D eigenvalue weighted by Gasteiger charge is 2.38. The summed E-state index contributed by atoms with van der Waals surface area (Å²) in [4.78, 5) is 15.4. The number of nitrogens with zero attached hydrogens (tertiary/aromatic N) is 1. The molecule has 0 aliphatic rings. The summed E-state index contributed by atoms with van der Waals surface area (Å²) in [7, 11) is 0. The Balaban J connectivity index is 2.37. The van der Waals surface area contributed by atoms with Crippen LogP contribution in [0.1, 0.15) is 12.5 Å². The van der Waals surface area contributed by atoms with Gasteiger partial charge in [0, 0.05) is 18.0 Å². The highest BCUT2D eigenvalue weighted by atomic mass is 16.5. The molecule has 1 atom stereocenters. The van der Waals surface area contributed by atoms with Crippen molar-refractivity contribution in [1.29, 1.82) is 0 Å². The predicted octanol–water partition coefficient (Wildman–Crippen LogP) is 2.46. The maximum absolute atomic E-state index is 11.5. The monoisotopic (exact) mass is 243 g/mol. The van der Waals surface area contributed by atoms with Crippen LogP contribution in [0.4, 0.5) is 0 Å². The molecule has 0 amide bonds. The van der Waals surface area contributed by atoms with Gasteiger partial charge in [-0.25, -0.2) is 4.79 Å². The lowest BCUT2D eigenvalue weighted by molar-refractivity contribution is -0.154. The molecule has 0 saturated heterocycles. The minimum Gasteiger partial charge on any atom is -0.478 e. The quantitative estimate of drug-likeness (QED) is 0.896. The summed E-state index contributed by atoms with van der Waals surface area (Å²) in [6.07, 6.45) is 3.09. The minimum atomic E-state index is -1.45. The molecule has 2 aromatic rings. The van der Waals surface area contributed by atoms with E-state index in [9.17, 15) is 9.90 Å². The highest BCUT2D eigenvalue weighted by molar-refractivity contribution is 5.79. The van der Waals surface area contributed by atoms with Gasteiger partial charge in [-0.15, -0.1) is 0 Å². The third kappa shape index (κ3) is 2.32. The van der Waals surface area contributed by atoms with E-state index in [1.165, 1.54) is 13.1 Å².